The topological polar surface area (TPSA) is 9.23 Å². The van der Waals surface area contributed by atoms with Gasteiger partial charge in [0.15, 0.2) is 0 Å². The molecule has 0 radical (unpaired) electrons. The Balaban J connectivity index is 2.97. The Hall–Kier alpha value is -0.943. The van der Waals surface area contributed by atoms with Crippen molar-refractivity contribution in [1.29, 1.82) is 0 Å². The molecule has 0 heterocycles. The summed E-state index contributed by atoms with van der Waals surface area (Å²) in [5, 5.41) is 0.229. The molecule has 118 valence electrons. The van der Waals surface area contributed by atoms with E-state index in [1.54, 1.807) is 0 Å². The van der Waals surface area contributed by atoms with E-state index in [1.165, 1.54) is 12.2 Å². The van der Waals surface area contributed by atoms with Gasteiger partial charge in [0.1, 0.15) is 0 Å². The summed E-state index contributed by atoms with van der Waals surface area (Å²) in [5.74, 6) is 4.04. The fourth-order valence-corrected chi connectivity index (χ4v) is 3.86. The van der Waals surface area contributed by atoms with Crippen LogP contribution >= 0.6 is 0 Å². The Labute approximate surface area is 133 Å². The van der Waals surface area contributed by atoms with Crippen LogP contribution in [0.15, 0.2) is 24.5 Å². The van der Waals surface area contributed by atoms with Gasteiger partial charge in [-0.3, -0.25) is 0 Å². The molecule has 0 saturated carbocycles. The average molecular weight is 305 g/mol. The second-order valence-corrected chi connectivity index (χ2v) is 12.5. The number of allylic oxidation sites excluding steroid dienone is 3. The number of rotatable bonds is 7. The van der Waals surface area contributed by atoms with E-state index in [-0.39, 0.29) is 10.5 Å². The van der Waals surface area contributed by atoms with Gasteiger partial charge in [-0.2, -0.15) is 0 Å². The van der Waals surface area contributed by atoms with E-state index in [0.717, 1.165) is 32.1 Å². The van der Waals surface area contributed by atoms with Crippen LogP contribution in [0.3, 0.4) is 0 Å². The molecule has 0 aromatic carbocycles. The summed E-state index contributed by atoms with van der Waals surface area (Å²) in [5.41, 5.74) is 0.149. The lowest BCUT2D eigenvalue weighted by Crippen LogP contribution is -2.42. The van der Waals surface area contributed by atoms with Crippen LogP contribution in [-0.2, 0) is 4.43 Å². The molecular weight excluding hydrogens is 272 g/mol. The van der Waals surface area contributed by atoms with Crippen LogP contribution in [0.5, 0.6) is 0 Å². The monoisotopic (exact) mass is 304 g/mol. The molecule has 0 saturated heterocycles. The Kier molecular flexibility index (Phi) is 5.93. The van der Waals surface area contributed by atoms with E-state index < -0.39 is 8.32 Å². The molecule has 0 bridgehead atoms. The van der Waals surface area contributed by atoms with Crippen LogP contribution in [0.25, 0.3) is 0 Å². The third-order valence-electron chi connectivity index (χ3n) is 5.22. The highest BCUT2D eigenvalue weighted by molar-refractivity contribution is 6.74. The van der Waals surface area contributed by atoms with Gasteiger partial charge in [0.05, 0.1) is 5.76 Å². The zero-order chi connectivity index (χ0) is 16.1. The van der Waals surface area contributed by atoms with Crippen molar-refractivity contribution in [3.8, 4) is 12.3 Å². The van der Waals surface area contributed by atoms with Crippen molar-refractivity contribution < 1.29 is 4.43 Å². The Morgan fingerprint density at radius 3 is 2.62 bits per heavy atom. The van der Waals surface area contributed by atoms with Crippen LogP contribution in [0.1, 0.15) is 59.3 Å². The zero-order valence-electron chi connectivity index (χ0n) is 14.6. The predicted molar refractivity (Wildman–Crippen MR) is 95.5 cm³/mol. The predicted octanol–water partition coefficient (Wildman–Crippen LogP) is 6.05. The summed E-state index contributed by atoms with van der Waals surface area (Å²) in [6.45, 7) is 15.4. The van der Waals surface area contributed by atoms with Gasteiger partial charge in [-0.25, -0.2) is 0 Å². The lowest BCUT2D eigenvalue weighted by molar-refractivity contribution is 0.200. The SMILES string of the molecule is C#CCCC1(CCC=C)CCC=C1O[Si](C)(C)C(C)(C)C. The third kappa shape index (κ3) is 4.26. The van der Waals surface area contributed by atoms with Crippen LogP contribution in [0.2, 0.25) is 18.1 Å². The summed E-state index contributed by atoms with van der Waals surface area (Å²) in [6, 6.07) is 0. The number of terminal acetylenes is 1. The van der Waals surface area contributed by atoms with Gasteiger partial charge in [0.25, 0.3) is 0 Å². The second kappa shape index (κ2) is 6.88. The van der Waals surface area contributed by atoms with Crippen molar-refractivity contribution in [3.05, 3.63) is 24.5 Å². The molecule has 2 heteroatoms. The Bertz CT molecular complexity index is 433. The van der Waals surface area contributed by atoms with Crippen LogP contribution in [0, 0.1) is 17.8 Å². The Morgan fingerprint density at radius 1 is 1.43 bits per heavy atom. The molecule has 1 nitrogen and oxygen atoms in total. The van der Waals surface area contributed by atoms with Gasteiger partial charge < -0.3 is 4.43 Å². The van der Waals surface area contributed by atoms with Crippen molar-refractivity contribution in [2.75, 3.05) is 0 Å². The highest BCUT2D eigenvalue weighted by atomic mass is 28.4. The fraction of sp³-hybridized carbons (Fsp3) is 0.684. The minimum absolute atomic E-state index is 0.149. The molecular formula is C19H32OSi. The van der Waals surface area contributed by atoms with E-state index in [2.05, 4.69) is 52.4 Å². The quantitative estimate of drug-likeness (QED) is 0.316. The summed E-state index contributed by atoms with van der Waals surface area (Å²) in [6.07, 6.45) is 16.1. The van der Waals surface area contributed by atoms with E-state index >= 15 is 0 Å². The molecule has 1 aliphatic carbocycles. The van der Waals surface area contributed by atoms with E-state index in [0.29, 0.717) is 0 Å². The van der Waals surface area contributed by atoms with E-state index in [1.807, 2.05) is 6.08 Å². The smallest absolute Gasteiger partial charge is 0.250 e. The Morgan fingerprint density at radius 2 is 2.10 bits per heavy atom. The second-order valence-electron chi connectivity index (χ2n) is 7.78. The van der Waals surface area contributed by atoms with Crippen LogP contribution < -0.4 is 0 Å². The van der Waals surface area contributed by atoms with Gasteiger partial charge in [-0.05, 0) is 56.3 Å². The molecule has 0 amide bonds. The third-order valence-corrected chi connectivity index (χ3v) is 9.56. The molecule has 1 atom stereocenters. The van der Waals surface area contributed by atoms with Gasteiger partial charge >= 0.3 is 0 Å². The summed E-state index contributed by atoms with van der Waals surface area (Å²) in [7, 11) is -1.78. The molecule has 0 aromatic rings. The van der Waals surface area contributed by atoms with Gasteiger partial charge in [-0.15, -0.1) is 18.9 Å². The first-order chi connectivity index (χ1) is 9.68. The highest BCUT2D eigenvalue weighted by Crippen LogP contribution is 2.50. The normalized spacial score (nSPS) is 22.6. The highest BCUT2D eigenvalue weighted by Gasteiger charge is 2.45. The molecule has 0 N–H and O–H groups in total. The summed E-state index contributed by atoms with van der Waals surface area (Å²) < 4.78 is 6.67. The average Bonchev–Trinajstić information content (AvgIpc) is 2.75. The maximum absolute atomic E-state index is 6.67. The molecule has 1 unspecified atom stereocenters. The number of hydrogen-bond acceptors (Lipinski definition) is 1. The first-order valence-electron chi connectivity index (χ1n) is 8.12. The van der Waals surface area contributed by atoms with Gasteiger partial charge in [0, 0.05) is 11.8 Å². The van der Waals surface area contributed by atoms with Crippen LogP contribution in [-0.4, -0.2) is 8.32 Å². The lowest BCUT2D eigenvalue weighted by Gasteiger charge is -2.42. The van der Waals surface area contributed by atoms with Gasteiger partial charge in [0.2, 0.25) is 8.32 Å². The minimum atomic E-state index is -1.78. The van der Waals surface area contributed by atoms with Crippen LogP contribution in [0.4, 0.5) is 0 Å². The first kappa shape index (κ1) is 18.1. The van der Waals surface area contributed by atoms with E-state index in [9.17, 15) is 0 Å². The lowest BCUT2D eigenvalue weighted by atomic mass is 9.77. The summed E-state index contributed by atoms with van der Waals surface area (Å²) in [4.78, 5) is 0. The number of hydrogen-bond donors (Lipinski definition) is 0. The molecule has 0 fully saturated rings. The van der Waals surface area contributed by atoms with Crippen molar-refractivity contribution in [1.82, 2.24) is 0 Å². The zero-order valence-corrected chi connectivity index (χ0v) is 15.6. The largest absolute Gasteiger partial charge is 0.546 e. The molecule has 1 aliphatic rings. The van der Waals surface area contributed by atoms with Crippen molar-refractivity contribution >= 4 is 8.32 Å². The summed E-state index contributed by atoms with van der Waals surface area (Å²) >= 11 is 0. The molecule has 21 heavy (non-hydrogen) atoms. The molecule has 0 aromatic heterocycles. The first-order valence-corrected chi connectivity index (χ1v) is 11.0. The van der Waals surface area contributed by atoms with Crippen molar-refractivity contribution in [2.45, 2.75) is 77.4 Å². The molecule has 0 spiro atoms. The van der Waals surface area contributed by atoms with E-state index in [4.69, 9.17) is 10.8 Å². The molecule has 0 aliphatic heterocycles. The maximum Gasteiger partial charge on any atom is 0.250 e. The molecule has 1 rings (SSSR count). The van der Waals surface area contributed by atoms with Gasteiger partial charge in [-0.1, -0.05) is 26.8 Å². The maximum atomic E-state index is 6.67. The van der Waals surface area contributed by atoms with Crippen molar-refractivity contribution in [3.63, 3.8) is 0 Å². The standard InChI is InChI=1S/C19H32OSi/c1-8-10-14-19(15-11-9-2)16-12-13-17(19)20-21(6,7)18(3,4)5/h1,9,13H,2,10-12,14-16H2,3-7H3. The van der Waals surface area contributed by atoms with Crippen molar-refractivity contribution in [2.24, 2.45) is 5.41 Å². The fourth-order valence-electron chi connectivity index (χ4n) is 2.71. The minimum Gasteiger partial charge on any atom is -0.546 e.